The van der Waals surface area contributed by atoms with Crippen LogP contribution in [0.1, 0.15) is 12.8 Å². The number of nitrogens with two attached hydrogens (primary N) is 1. The van der Waals surface area contributed by atoms with Crippen molar-refractivity contribution < 1.29 is 8.42 Å². The summed E-state index contributed by atoms with van der Waals surface area (Å²) in [4.78, 5) is 0. The molecule has 58 valence electrons. The van der Waals surface area contributed by atoms with Crippen LogP contribution in [0.3, 0.4) is 0 Å². The van der Waals surface area contributed by atoms with Gasteiger partial charge in [0.05, 0.1) is 5.25 Å². The molecule has 1 aliphatic rings. The van der Waals surface area contributed by atoms with E-state index in [0.717, 1.165) is 12.8 Å². The van der Waals surface area contributed by atoms with E-state index in [1.165, 1.54) is 0 Å². The Balaban J connectivity index is 0. The van der Waals surface area contributed by atoms with Gasteiger partial charge in [-0.25, -0.2) is 13.6 Å². The summed E-state index contributed by atoms with van der Waals surface area (Å²) in [6, 6.07) is 0. The minimum absolute atomic E-state index is 0. The van der Waals surface area contributed by atoms with Crippen LogP contribution in [-0.4, -0.2) is 13.7 Å². The van der Waals surface area contributed by atoms with Crippen molar-refractivity contribution in [2.75, 3.05) is 0 Å². The third-order valence-corrected chi connectivity index (χ3v) is 2.39. The number of hydrogen-bond donors (Lipinski definition) is 1. The molecule has 0 heterocycles. The predicted octanol–water partition coefficient (Wildman–Crippen LogP) is 0.281. The van der Waals surface area contributed by atoms with Gasteiger partial charge in [0.15, 0.2) is 0 Å². The molecule has 1 saturated carbocycles. The molecule has 2 N–H and O–H groups in total. The van der Waals surface area contributed by atoms with E-state index >= 15 is 0 Å². The van der Waals surface area contributed by atoms with Crippen LogP contribution < -0.4 is 5.14 Å². The van der Waals surface area contributed by atoms with Crippen LogP contribution in [0.2, 0.25) is 0 Å². The first-order chi connectivity index (χ1) is 3.11. The van der Waals surface area contributed by atoms with Crippen LogP contribution in [-0.2, 0) is 10.0 Å². The molecular formula is C3H9Cl2NO2S. The molecule has 0 aromatic heterocycles. The summed E-state index contributed by atoms with van der Waals surface area (Å²) in [5.74, 6) is 0. The van der Waals surface area contributed by atoms with Crippen LogP contribution in [0.15, 0.2) is 0 Å². The average molecular weight is 194 g/mol. The van der Waals surface area contributed by atoms with Crippen molar-refractivity contribution >= 4 is 34.8 Å². The van der Waals surface area contributed by atoms with Crippen molar-refractivity contribution in [2.45, 2.75) is 18.1 Å². The third-order valence-electron chi connectivity index (χ3n) is 0.989. The fraction of sp³-hybridized carbons (Fsp3) is 1.00. The van der Waals surface area contributed by atoms with E-state index in [1.54, 1.807) is 0 Å². The first kappa shape index (κ1) is 12.2. The zero-order chi connectivity index (χ0) is 5.49. The summed E-state index contributed by atoms with van der Waals surface area (Å²) >= 11 is 0. The Kier molecular flexibility index (Phi) is 4.89. The Hall–Kier alpha value is 0.490. The first-order valence-electron chi connectivity index (χ1n) is 2.12. The predicted molar refractivity (Wildman–Crippen MR) is 40.6 cm³/mol. The highest BCUT2D eigenvalue weighted by Gasteiger charge is 2.32. The van der Waals surface area contributed by atoms with Gasteiger partial charge < -0.3 is 0 Å². The monoisotopic (exact) mass is 193 g/mol. The van der Waals surface area contributed by atoms with Crippen molar-refractivity contribution in [1.82, 2.24) is 0 Å². The molecule has 1 rings (SSSR count). The number of hydrogen-bond acceptors (Lipinski definition) is 2. The Labute approximate surface area is 66.9 Å². The lowest BCUT2D eigenvalue weighted by atomic mass is 11.0. The summed E-state index contributed by atoms with van der Waals surface area (Å²) in [5, 5.41) is 4.51. The molecule has 0 atom stereocenters. The number of sulfonamides is 1. The molecule has 9 heavy (non-hydrogen) atoms. The van der Waals surface area contributed by atoms with Crippen LogP contribution in [0.5, 0.6) is 0 Å². The maximum absolute atomic E-state index is 10.2. The lowest BCUT2D eigenvalue weighted by molar-refractivity contribution is 0.596. The maximum Gasteiger partial charge on any atom is 0.211 e. The van der Waals surface area contributed by atoms with Gasteiger partial charge in [0.2, 0.25) is 10.0 Å². The van der Waals surface area contributed by atoms with Gasteiger partial charge in [0.1, 0.15) is 0 Å². The smallest absolute Gasteiger partial charge is 0.211 e. The molecule has 0 aromatic rings. The van der Waals surface area contributed by atoms with Crippen LogP contribution >= 0.6 is 24.8 Å². The van der Waals surface area contributed by atoms with Crippen molar-refractivity contribution in [1.29, 1.82) is 0 Å². The lowest BCUT2D eigenvalue weighted by Crippen LogP contribution is -2.16. The molecule has 0 unspecified atom stereocenters. The van der Waals surface area contributed by atoms with Gasteiger partial charge in [0, 0.05) is 0 Å². The van der Waals surface area contributed by atoms with Crippen LogP contribution in [0, 0.1) is 0 Å². The van der Waals surface area contributed by atoms with Crippen molar-refractivity contribution in [2.24, 2.45) is 5.14 Å². The molecule has 0 bridgehead atoms. The molecule has 0 aliphatic heterocycles. The van der Waals surface area contributed by atoms with Gasteiger partial charge >= 0.3 is 0 Å². The molecule has 0 spiro atoms. The van der Waals surface area contributed by atoms with Crippen LogP contribution in [0.4, 0.5) is 0 Å². The minimum atomic E-state index is -3.13. The van der Waals surface area contributed by atoms with E-state index in [1.807, 2.05) is 0 Å². The van der Waals surface area contributed by atoms with E-state index in [-0.39, 0.29) is 30.1 Å². The highest BCUT2D eigenvalue weighted by molar-refractivity contribution is 7.90. The van der Waals surface area contributed by atoms with E-state index in [4.69, 9.17) is 5.14 Å². The quantitative estimate of drug-likeness (QED) is 0.651. The zero-order valence-electron chi connectivity index (χ0n) is 4.61. The van der Waals surface area contributed by atoms with Gasteiger partial charge in [-0.2, -0.15) is 0 Å². The SMILES string of the molecule is Cl.Cl.NS(=O)(=O)C1CC1. The van der Waals surface area contributed by atoms with Gasteiger partial charge in [-0.1, -0.05) is 0 Å². The lowest BCUT2D eigenvalue weighted by Gasteiger charge is -1.84. The van der Waals surface area contributed by atoms with Gasteiger partial charge in [-0.15, -0.1) is 24.8 Å². The number of rotatable bonds is 1. The highest BCUT2D eigenvalue weighted by Crippen LogP contribution is 2.25. The van der Waals surface area contributed by atoms with Gasteiger partial charge in [-0.05, 0) is 12.8 Å². The standard InChI is InChI=1S/C3H7NO2S.2ClH/c4-7(5,6)3-1-2-3;;/h3H,1-2H2,(H2,4,5,6);2*1H. The summed E-state index contributed by atoms with van der Waals surface area (Å²) in [7, 11) is -3.13. The van der Waals surface area contributed by atoms with Crippen molar-refractivity contribution in [3.05, 3.63) is 0 Å². The molecule has 0 amide bonds. The van der Waals surface area contributed by atoms with E-state index in [9.17, 15) is 8.42 Å². The Bertz CT molecular complexity index is 163. The average Bonchev–Trinajstić information content (AvgIpc) is 1.99. The first-order valence-corrected chi connectivity index (χ1v) is 3.73. The zero-order valence-corrected chi connectivity index (χ0v) is 7.06. The topological polar surface area (TPSA) is 60.2 Å². The molecule has 6 heteroatoms. The summed E-state index contributed by atoms with van der Waals surface area (Å²) in [6.07, 6.45) is 1.53. The van der Waals surface area contributed by atoms with Gasteiger partial charge in [-0.3, -0.25) is 0 Å². The van der Waals surface area contributed by atoms with Crippen molar-refractivity contribution in [3.8, 4) is 0 Å². The van der Waals surface area contributed by atoms with E-state index in [2.05, 4.69) is 0 Å². The minimum Gasteiger partial charge on any atom is -0.228 e. The Morgan fingerprint density at radius 1 is 1.22 bits per heavy atom. The summed E-state index contributed by atoms with van der Waals surface area (Å²) in [5.41, 5.74) is 0. The fourth-order valence-corrected chi connectivity index (χ4v) is 1.19. The molecule has 0 saturated heterocycles. The summed E-state index contributed by atoms with van der Waals surface area (Å²) in [6.45, 7) is 0. The van der Waals surface area contributed by atoms with Crippen molar-refractivity contribution in [3.63, 3.8) is 0 Å². The summed E-state index contributed by atoms with van der Waals surface area (Å²) < 4.78 is 20.3. The number of halogens is 2. The molecule has 0 aromatic carbocycles. The second kappa shape index (κ2) is 3.61. The number of primary sulfonamides is 1. The Morgan fingerprint density at radius 3 is 1.56 bits per heavy atom. The molecule has 0 radical (unpaired) electrons. The Morgan fingerprint density at radius 2 is 1.56 bits per heavy atom. The molecule has 1 aliphatic carbocycles. The van der Waals surface area contributed by atoms with Crippen LogP contribution in [0.25, 0.3) is 0 Å². The largest absolute Gasteiger partial charge is 0.228 e. The molecule has 3 nitrogen and oxygen atoms in total. The highest BCUT2D eigenvalue weighted by atomic mass is 35.5. The third kappa shape index (κ3) is 3.97. The fourth-order valence-electron chi connectivity index (χ4n) is 0.397. The normalized spacial score (nSPS) is 17.4. The van der Waals surface area contributed by atoms with Gasteiger partial charge in [0.25, 0.3) is 0 Å². The van der Waals surface area contributed by atoms with E-state index < -0.39 is 10.0 Å². The second-order valence-corrected chi connectivity index (χ2v) is 3.63. The molecule has 1 fully saturated rings. The maximum atomic E-state index is 10.2. The van der Waals surface area contributed by atoms with E-state index in [0.29, 0.717) is 0 Å². The molecular weight excluding hydrogens is 185 g/mol. The second-order valence-electron chi connectivity index (χ2n) is 1.79.